The minimum atomic E-state index is 0.214. The zero-order valence-corrected chi connectivity index (χ0v) is 9.31. The number of aryl methyl sites for hydroxylation is 1. The summed E-state index contributed by atoms with van der Waals surface area (Å²) in [7, 11) is 0. The maximum absolute atomic E-state index is 3.36. The van der Waals surface area contributed by atoms with Crippen molar-refractivity contribution in [1.29, 1.82) is 0 Å². The van der Waals surface area contributed by atoms with Crippen molar-refractivity contribution in [3.05, 3.63) is 35.5 Å². The minimum absolute atomic E-state index is 0.214. The van der Waals surface area contributed by atoms with Crippen LogP contribution in [0.2, 0.25) is 0 Å². The molecule has 0 aliphatic rings. The zero-order valence-electron chi connectivity index (χ0n) is 9.31. The highest BCUT2D eigenvalue weighted by Crippen LogP contribution is 2.30. The quantitative estimate of drug-likeness (QED) is 0.646. The van der Waals surface area contributed by atoms with Crippen molar-refractivity contribution in [3.63, 3.8) is 0 Å². The second-order valence-corrected chi connectivity index (χ2v) is 4.95. The fourth-order valence-corrected chi connectivity index (χ4v) is 1.93. The molecular formula is C13H17N. The first-order valence-corrected chi connectivity index (χ1v) is 5.07. The Kier molecular flexibility index (Phi) is 1.91. The number of hydrogen-bond donors (Lipinski definition) is 1. The fraction of sp³-hybridized carbons (Fsp3) is 0.385. The molecule has 1 aromatic carbocycles. The van der Waals surface area contributed by atoms with Crippen LogP contribution in [-0.4, -0.2) is 4.98 Å². The van der Waals surface area contributed by atoms with Gasteiger partial charge in [-0.2, -0.15) is 0 Å². The Labute approximate surface area is 85.1 Å². The molecule has 0 aliphatic carbocycles. The molecular weight excluding hydrogens is 170 g/mol. The molecule has 2 aromatic rings. The Morgan fingerprint density at radius 1 is 1.14 bits per heavy atom. The van der Waals surface area contributed by atoms with E-state index in [1.165, 1.54) is 22.0 Å². The summed E-state index contributed by atoms with van der Waals surface area (Å²) in [6.07, 6.45) is 2.14. The van der Waals surface area contributed by atoms with Crippen LogP contribution in [0.25, 0.3) is 10.9 Å². The lowest BCUT2D eigenvalue weighted by molar-refractivity contribution is 0.596. The Morgan fingerprint density at radius 2 is 1.86 bits per heavy atom. The summed E-state index contributed by atoms with van der Waals surface area (Å²) in [5.41, 5.74) is 4.21. The molecule has 0 spiro atoms. The highest BCUT2D eigenvalue weighted by molar-refractivity contribution is 5.86. The lowest BCUT2D eigenvalue weighted by Gasteiger charge is -2.17. The number of nitrogens with one attached hydrogen (secondary N) is 1. The highest BCUT2D eigenvalue weighted by atomic mass is 14.7. The third-order valence-corrected chi connectivity index (χ3v) is 2.73. The summed E-state index contributed by atoms with van der Waals surface area (Å²) < 4.78 is 0. The van der Waals surface area contributed by atoms with Crippen LogP contribution < -0.4 is 0 Å². The van der Waals surface area contributed by atoms with Crippen molar-refractivity contribution < 1.29 is 0 Å². The van der Waals surface area contributed by atoms with Gasteiger partial charge < -0.3 is 4.98 Å². The van der Waals surface area contributed by atoms with Crippen molar-refractivity contribution in [2.24, 2.45) is 0 Å². The van der Waals surface area contributed by atoms with E-state index in [9.17, 15) is 0 Å². The first kappa shape index (κ1) is 9.32. The SMILES string of the molecule is Cc1cccc2c(C(C)(C)C)c[nH]c12. The Morgan fingerprint density at radius 3 is 2.50 bits per heavy atom. The van der Waals surface area contributed by atoms with Crippen LogP contribution in [0.15, 0.2) is 24.4 Å². The first-order chi connectivity index (χ1) is 6.50. The van der Waals surface area contributed by atoms with Gasteiger partial charge in [-0.25, -0.2) is 0 Å². The summed E-state index contributed by atoms with van der Waals surface area (Å²) in [5, 5.41) is 1.36. The number of fused-ring (bicyclic) bond motifs is 1. The molecule has 0 radical (unpaired) electrons. The van der Waals surface area contributed by atoms with E-state index in [0.29, 0.717) is 0 Å². The smallest absolute Gasteiger partial charge is 0.0486 e. The predicted molar refractivity (Wildman–Crippen MR) is 61.7 cm³/mol. The van der Waals surface area contributed by atoms with Crippen LogP contribution in [0.1, 0.15) is 31.9 Å². The van der Waals surface area contributed by atoms with E-state index in [1.807, 2.05) is 0 Å². The average molecular weight is 187 g/mol. The topological polar surface area (TPSA) is 15.8 Å². The minimum Gasteiger partial charge on any atom is -0.361 e. The largest absolute Gasteiger partial charge is 0.361 e. The molecule has 0 saturated heterocycles. The van der Waals surface area contributed by atoms with Gasteiger partial charge in [0, 0.05) is 17.1 Å². The summed E-state index contributed by atoms with van der Waals surface area (Å²) in [6.45, 7) is 8.89. The molecule has 0 atom stereocenters. The molecule has 1 aromatic heterocycles. The summed E-state index contributed by atoms with van der Waals surface area (Å²) in [4.78, 5) is 3.36. The van der Waals surface area contributed by atoms with E-state index >= 15 is 0 Å². The lowest BCUT2D eigenvalue weighted by atomic mass is 9.87. The van der Waals surface area contributed by atoms with Crippen LogP contribution in [0.3, 0.4) is 0 Å². The van der Waals surface area contributed by atoms with Crippen molar-refractivity contribution >= 4 is 10.9 Å². The summed E-state index contributed by atoms with van der Waals surface area (Å²) in [5.74, 6) is 0. The van der Waals surface area contributed by atoms with Gasteiger partial charge in [0.05, 0.1) is 0 Å². The predicted octanol–water partition coefficient (Wildman–Crippen LogP) is 3.77. The van der Waals surface area contributed by atoms with Crippen LogP contribution >= 0.6 is 0 Å². The first-order valence-electron chi connectivity index (χ1n) is 5.07. The van der Waals surface area contributed by atoms with Gasteiger partial charge in [0.15, 0.2) is 0 Å². The van der Waals surface area contributed by atoms with Gasteiger partial charge >= 0.3 is 0 Å². The number of hydrogen-bond acceptors (Lipinski definition) is 0. The highest BCUT2D eigenvalue weighted by Gasteiger charge is 2.18. The van der Waals surface area contributed by atoms with Crippen molar-refractivity contribution in [3.8, 4) is 0 Å². The Hall–Kier alpha value is -1.24. The van der Waals surface area contributed by atoms with Gasteiger partial charge in [0.25, 0.3) is 0 Å². The third-order valence-electron chi connectivity index (χ3n) is 2.73. The van der Waals surface area contributed by atoms with Gasteiger partial charge in [-0.1, -0.05) is 39.0 Å². The molecule has 2 rings (SSSR count). The van der Waals surface area contributed by atoms with Crippen molar-refractivity contribution in [2.75, 3.05) is 0 Å². The second-order valence-electron chi connectivity index (χ2n) is 4.95. The van der Waals surface area contributed by atoms with Gasteiger partial charge in [0.1, 0.15) is 0 Å². The van der Waals surface area contributed by atoms with E-state index < -0.39 is 0 Å². The molecule has 0 bridgehead atoms. The summed E-state index contributed by atoms with van der Waals surface area (Å²) in [6, 6.07) is 6.46. The molecule has 0 aliphatic heterocycles. The maximum atomic E-state index is 3.36. The van der Waals surface area contributed by atoms with E-state index in [0.717, 1.165) is 0 Å². The number of benzene rings is 1. The van der Waals surface area contributed by atoms with Crippen molar-refractivity contribution in [1.82, 2.24) is 4.98 Å². The number of para-hydroxylation sites is 1. The molecule has 1 heterocycles. The zero-order chi connectivity index (χ0) is 10.3. The molecule has 1 N–H and O–H groups in total. The molecule has 0 fully saturated rings. The van der Waals surface area contributed by atoms with Crippen LogP contribution in [-0.2, 0) is 5.41 Å². The van der Waals surface area contributed by atoms with Gasteiger partial charge in [0.2, 0.25) is 0 Å². The summed E-state index contributed by atoms with van der Waals surface area (Å²) >= 11 is 0. The van der Waals surface area contributed by atoms with Gasteiger partial charge in [-0.3, -0.25) is 0 Å². The Balaban J connectivity index is 2.76. The number of aromatic nitrogens is 1. The second kappa shape index (κ2) is 2.88. The number of H-pyrrole nitrogens is 1. The molecule has 74 valence electrons. The van der Waals surface area contributed by atoms with Gasteiger partial charge in [-0.15, -0.1) is 0 Å². The lowest BCUT2D eigenvalue weighted by Crippen LogP contribution is -2.09. The van der Waals surface area contributed by atoms with Crippen LogP contribution in [0.5, 0.6) is 0 Å². The Bertz CT molecular complexity index is 458. The van der Waals surface area contributed by atoms with Crippen LogP contribution in [0, 0.1) is 6.92 Å². The monoisotopic (exact) mass is 187 g/mol. The van der Waals surface area contributed by atoms with Gasteiger partial charge in [-0.05, 0) is 23.5 Å². The van der Waals surface area contributed by atoms with Crippen molar-refractivity contribution in [2.45, 2.75) is 33.1 Å². The number of rotatable bonds is 0. The number of aromatic amines is 1. The van der Waals surface area contributed by atoms with E-state index in [1.54, 1.807) is 0 Å². The third kappa shape index (κ3) is 1.33. The molecule has 0 amide bonds. The standard InChI is InChI=1S/C13H17N/c1-9-6-5-7-10-11(13(2,3)4)8-14-12(9)10/h5-8,14H,1-4H3. The molecule has 14 heavy (non-hydrogen) atoms. The molecule has 0 saturated carbocycles. The van der Waals surface area contributed by atoms with E-state index in [4.69, 9.17) is 0 Å². The molecule has 0 unspecified atom stereocenters. The molecule has 1 nitrogen and oxygen atoms in total. The maximum Gasteiger partial charge on any atom is 0.0486 e. The molecule has 1 heteroatoms. The van der Waals surface area contributed by atoms with E-state index in [2.05, 4.69) is 57.1 Å². The van der Waals surface area contributed by atoms with Crippen LogP contribution in [0.4, 0.5) is 0 Å². The van der Waals surface area contributed by atoms with E-state index in [-0.39, 0.29) is 5.41 Å². The fourth-order valence-electron chi connectivity index (χ4n) is 1.93. The average Bonchev–Trinajstić information content (AvgIpc) is 2.47. The normalized spacial score (nSPS) is 12.3.